The molecule has 0 aliphatic rings. The Hall–Kier alpha value is -2.17. The van der Waals surface area contributed by atoms with Crippen molar-refractivity contribution >= 4 is 5.97 Å². The van der Waals surface area contributed by atoms with Crippen LogP contribution < -0.4 is 0 Å². The predicted octanol–water partition coefficient (Wildman–Crippen LogP) is 2.67. The Morgan fingerprint density at radius 2 is 1.43 bits per heavy atom. The van der Waals surface area contributed by atoms with Crippen LogP contribution in [0.2, 0.25) is 0 Å². The molecule has 2 rings (SSSR count). The Morgan fingerprint density at radius 1 is 1.00 bits per heavy atom. The Morgan fingerprint density at radius 3 is 1.81 bits per heavy atom. The van der Waals surface area contributed by atoms with Crippen LogP contribution in [0.25, 0.3) is 0 Å². The van der Waals surface area contributed by atoms with Crippen molar-refractivity contribution in [3.8, 4) is 0 Å². The first-order valence-corrected chi connectivity index (χ1v) is 6.63. The van der Waals surface area contributed by atoms with Crippen LogP contribution >= 0.6 is 0 Å². The molecule has 0 aliphatic carbocycles. The largest absolute Gasteiger partial charge is 0.465 e. The van der Waals surface area contributed by atoms with Gasteiger partial charge in [-0.3, -0.25) is 0 Å². The van der Waals surface area contributed by atoms with Gasteiger partial charge in [-0.05, 0) is 11.1 Å². The van der Waals surface area contributed by atoms with Crippen molar-refractivity contribution < 1.29 is 19.4 Å². The summed E-state index contributed by atoms with van der Waals surface area (Å²) in [5, 5.41) is 10.2. The van der Waals surface area contributed by atoms with Crippen LogP contribution in [0.3, 0.4) is 0 Å². The molecule has 110 valence electrons. The fourth-order valence-corrected chi connectivity index (χ4v) is 2.05. The minimum Gasteiger partial charge on any atom is -0.465 e. The molecule has 0 radical (unpaired) electrons. The first kappa shape index (κ1) is 15.2. The number of aliphatic hydroxyl groups is 1. The van der Waals surface area contributed by atoms with E-state index in [0.29, 0.717) is 0 Å². The maximum Gasteiger partial charge on any atom is 0.366 e. The van der Waals surface area contributed by atoms with Crippen molar-refractivity contribution in [1.29, 1.82) is 0 Å². The van der Waals surface area contributed by atoms with Crippen LogP contribution in [0, 0.1) is 0 Å². The lowest BCUT2D eigenvalue weighted by Crippen LogP contribution is -2.40. The smallest absolute Gasteiger partial charge is 0.366 e. The number of carbonyl (C=O) groups excluding carboxylic acids is 1. The van der Waals surface area contributed by atoms with Crippen LogP contribution in [0.1, 0.15) is 24.2 Å². The molecule has 1 unspecified atom stereocenters. The van der Waals surface area contributed by atoms with Crippen molar-refractivity contribution in [2.24, 2.45) is 0 Å². The van der Waals surface area contributed by atoms with E-state index in [1.807, 2.05) is 60.7 Å². The fourth-order valence-electron chi connectivity index (χ4n) is 2.05. The van der Waals surface area contributed by atoms with E-state index in [9.17, 15) is 9.90 Å². The lowest BCUT2D eigenvalue weighted by atomic mass is 10.0. The van der Waals surface area contributed by atoms with Crippen molar-refractivity contribution in [3.05, 3.63) is 71.8 Å². The number of hydrogen-bond donors (Lipinski definition) is 1. The molecule has 0 saturated heterocycles. The van der Waals surface area contributed by atoms with Gasteiger partial charge in [0.05, 0.1) is 7.11 Å². The van der Waals surface area contributed by atoms with E-state index in [1.165, 1.54) is 14.0 Å². The second-order valence-corrected chi connectivity index (χ2v) is 4.79. The molecular weight excluding hydrogens is 268 g/mol. The molecule has 0 saturated carbocycles. The van der Waals surface area contributed by atoms with E-state index in [-0.39, 0.29) is 0 Å². The van der Waals surface area contributed by atoms with E-state index >= 15 is 0 Å². The van der Waals surface area contributed by atoms with E-state index in [0.717, 1.165) is 11.1 Å². The van der Waals surface area contributed by atoms with Crippen molar-refractivity contribution in [1.82, 2.24) is 0 Å². The van der Waals surface area contributed by atoms with E-state index in [1.54, 1.807) is 0 Å². The topological polar surface area (TPSA) is 55.8 Å². The third-order valence-corrected chi connectivity index (χ3v) is 3.12. The molecule has 2 aromatic carbocycles. The molecule has 0 amide bonds. The standard InChI is InChI=1S/C17H18O4/c1-17(19,16(18)20-2)21-15(13-9-5-3-6-10-13)14-11-7-4-8-12-14/h3-12,15,19H,1-2H3. The third kappa shape index (κ3) is 3.68. The molecule has 21 heavy (non-hydrogen) atoms. The molecule has 4 heteroatoms. The summed E-state index contributed by atoms with van der Waals surface area (Å²) in [6.45, 7) is 1.28. The monoisotopic (exact) mass is 286 g/mol. The number of ether oxygens (including phenoxy) is 2. The molecular formula is C17H18O4. The first-order valence-electron chi connectivity index (χ1n) is 6.63. The maximum absolute atomic E-state index is 11.6. The molecule has 1 N–H and O–H groups in total. The zero-order chi connectivity index (χ0) is 15.3. The summed E-state index contributed by atoms with van der Waals surface area (Å²) < 4.78 is 10.2. The number of methoxy groups -OCH3 is 1. The van der Waals surface area contributed by atoms with Gasteiger partial charge in [-0.25, -0.2) is 4.79 Å². The summed E-state index contributed by atoms with van der Waals surface area (Å²) in [6.07, 6.45) is -0.568. The number of benzene rings is 2. The minimum atomic E-state index is -2.02. The molecule has 0 bridgehead atoms. The SMILES string of the molecule is COC(=O)C(C)(O)OC(c1ccccc1)c1ccccc1. The Kier molecular flexibility index (Phi) is 4.73. The molecule has 2 aromatic rings. The lowest BCUT2D eigenvalue weighted by Gasteiger charge is -2.27. The Labute approximate surface area is 123 Å². The van der Waals surface area contributed by atoms with E-state index in [2.05, 4.69) is 4.74 Å². The van der Waals surface area contributed by atoms with Crippen LogP contribution in [0.5, 0.6) is 0 Å². The quantitative estimate of drug-likeness (QED) is 0.678. The molecule has 0 aromatic heterocycles. The molecule has 4 nitrogen and oxygen atoms in total. The highest BCUT2D eigenvalue weighted by Crippen LogP contribution is 2.30. The van der Waals surface area contributed by atoms with Crippen LogP contribution in [0.4, 0.5) is 0 Å². The van der Waals surface area contributed by atoms with Crippen molar-refractivity contribution in [2.45, 2.75) is 18.8 Å². The van der Waals surface area contributed by atoms with Gasteiger partial charge in [0.2, 0.25) is 0 Å². The number of carbonyl (C=O) groups is 1. The maximum atomic E-state index is 11.6. The zero-order valence-corrected chi connectivity index (χ0v) is 12.0. The number of rotatable bonds is 5. The summed E-state index contributed by atoms with van der Waals surface area (Å²) in [5.74, 6) is -2.86. The van der Waals surface area contributed by atoms with Crippen LogP contribution in [-0.4, -0.2) is 24.0 Å². The fraction of sp³-hybridized carbons (Fsp3) is 0.235. The van der Waals surface area contributed by atoms with Gasteiger partial charge in [0.15, 0.2) is 0 Å². The summed E-state index contributed by atoms with van der Waals surface area (Å²) in [7, 11) is 1.21. The molecule has 0 spiro atoms. The Balaban J connectivity index is 2.36. The van der Waals surface area contributed by atoms with Crippen molar-refractivity contribution in [3.63, 3.8) is 0 Å². The first-order chi connectivity index (χ1) is 10.0. The molecule has 0 fully saturated rings. The lowest BCUT2D eigenvalue weighted by molar-refractivity contribution is -0.230. The summed E-state index contributed by atoms with van der Waals surface area (Å²) >= 11 is 0. The second-order valence-electron chi connectivity index (χ2n) is 4.79. The van der Waals surface area contributed by atoms with E-state index < -0.39 is 17.9 Å². The second kappa shape index (κ2) is 6.52. The van der Waals surface area contributed by atoms with Crippen LogP contribution in [0.15, 0.2) is 60.7 Å². The molecule has 1 atom stereocenters. The van der Waals surface area contributed by atoms with Crippen LogP contribution in [-0.2, 0) is 14.3 Å². The summed E-state index contributed by atoms with van der Waals surface area (Å²) in [6, 6.07) is 18.8. The van der Waals surface area contributed by atoms with Gasteiger partial charge in [0, 0.05) is 6.92 Å². The van der Waals surface area contributed by atoms with Gasteiger partial charge in [-0.15, -0.1) is 0 Å². The van der Waals surface area contributed by atoms with Gasteiger partial charge in [0.1, 0.15) is 6.10 Å². The number of hydrogen-bond acceptors (Lipinski definition) is 4. The van der Waals surface area contributed by atoms with Gasteiger partial charge in [-0.1, -0.05) is 60.7 Å². The number of esters is 1. The highest BCUT2D eigenvalue weighted by Gasteiger charge is 2.36. The molecule has 0 heterocycles. The van der Waals surface area contributed by atoms with Gasteiger partial charge >= 0.3 is 5.97 Å². The van der Waals surface area contributed by atoms with E-state index in [4.69, 9.17) is 4.74 Å². The predicted molar refractivity (Wildman–Crippen MR) is 78.5 cm³/mol. The highest BCUT2D eigenvalue weighted by molar-refractivity contribution is 5.76. The third-order valence-electron chi connectivity index (χ3n) is 3.12. The van der Waals surface area contributed by atoms with Gasteiger partial charge in [-0.2, -0.15) is 0 Å². The van der Waals surface area contributed by atoms with Gasteiger partial charge in [0.25, 0.3) is 5.79 Å². The molecule has 0 aliphatic heterocycles. The van der Waals surface area contributed by atoms with Gasteiger partial charge < -0.3 is 14.6 Å². The average molecular weight is 286 g/mol. The average Bonchev–Trinajstić information content (AvgIpc) is 2.53. The normalized spacial score (nSPS) is 13.7. The van der Waals surface area contributed by atoms with Crippen molar-refractivity contribution in [2.75, 3.05) is 7.11 Å². The minimum absolute atomic E-state index is 0.568. The highest BCUT2D eigenvalue weighted by atomic mass is 16.7. The summed E-state index contributed by atoms with van der Waals surface area (Å²) in [5.41, 5.74) is 1.68. The summed E-state index contributed by atoms with van der Waals surface area (Å²) in [4.78, 5) is 11.6. The Bertz CT molecular complexity index is 539. The zero-order valence-electron chi connectivity index (χ0n) is 12.0.